The predicted molar refractivity (Wildman–Crippen MR) is 119 cm³/mol. The van der Waals surface area contributed by atoms with Crippen LogP contribution in [0.15, 0.2) is 47.1 Å². The molecule has 2 atom stereocenters. The first-order valence-corrected chi connectivity index (χ1v) is 12.0. The number of benzene rings is 2. The lowest BCUT2D eigenvalue weighted by Crippen LogP contribution is -2.36. The van der Waals surface area contributed by atoms with Gasteiger partial charge in [0.1, 0.15) is 17.4 Å². The summed E-state index contributed by atoms with van der Waals surface area (Å²) in [5, 5.41) is 10.8. The lowest BCUT2D eigenvalue weighted by Gasteiger charge is -2.31. The van der Waals surface area contributed by atoms with Gasteiger partial charge in [-0.25, -0.2) is 4.79 Å². The molecule has 1 aliphatic carbocycles. The Balaban J connectivity index is 1.54. The lowest BCUT2D eigenvalue weighted by molar-refractivity contribution is -0.147. The summed E-state index contributed by atoms with van der Waals surface area (Å²) in [4.78, 5) is 13.2. The number of hydrogen-bond donors (Lipinski definition) is 1. The van der Waals surface area contributed by atoms with Gasteiger partial charge in [0.2, 0.25) is 0 Å². The second-order valence-electron chi connectivity index (χ2n) is 9.07. The van der Waals surface area contributed by atoms with E-state index < -0.39 is 40.0 Å². The molecule has 0 spiro atoms. The molecule has 0 bridgehead atoms. The van der Waals surface area contributed by atoms with Crippen LogP contribution in [0.4, 0.5) is 13.2 Å². The fourth-order valence-electron chi connectivity index (χ4n) is 4.65. The molecule has 2 unspecified atom stereocenters. The summed E-state index contributed by atoms with van der Waals surface area (Å²) in [5.41, 5.74) is 2.28. The monoisotopic (exact) mass is 478 g/mol. The zero-order chi connectivity index (χ0) is 24.1. The third-order valence-electron chi connectivity index (χ3n) is 6.49. The van der Waals surface area contributed by atoms with E-state index in [1.54, 1.807) is 0 Å². The smallest absolute Gasteiger partial charge is 0.416 e. The van der Waals surface area contributed by atoms with Gasteiger partial charge in [-0.05, 0) is 74.6 Å². The van der Waals surface area contributed by atoms with Gasteiger partial charge in [-0.3, -0.25) is 4.21 Å². The van der Waals surface area contributed by atoms with Gasteiger partial charge in [0.05, 0.1) is 16.4 Å². The molecule has 0 amide bonds. The van der Waals surface area contributed by atoms with Crippen molar-refractivity contribution in [2.45, 2.75) is 57.2 Å². The maximum Gasteiger partial charge on any atom is 0.416 e. The molecule has 4 rings (SSSR count). The molecule has 8 heteroatoms. The van der Waals surface area contributed by atoms with Crippen molar-refractivity contribution >= 4 is 22.3 Å². The number of cyclic esters (lactones) is 1. The summed E-state index contributed by atoms with van der Waals surface area (Å²) in [6.07, 6.45) is -3.62. The minimum atomic E-state index is -4.45. The number of aliphatic hydroxyl groups excluding tert-OH is 1. The predicted octanol–water partition coefficient (Wildman–Crippen LogP) is 5.80. The molecule has 0 aromatic heterocycles. The van der Waals surface area contributed by atoms with E-state index in [1.807, 2.05) is 32.9 Å². The van der Waals surface area contributed by atoms with Crippen LogP contribution < -0.4 is 0 Å². The van der Waals surface area contributed by atoms with Gasteiger partial charge in [0.15, 0.2) is 0 Å². The summed E-state index contributed by atoms with van der Waals surface area (Å²) in [7, 11) is -1.56. The lowest BCUT2D eigenvalue weighted by atomic mass is 9.88. The highest BCUT2D eigenvalue weighted by molar-refractivity contribution is 7.85. The van der Waals surface area contributed by atoms with Crippen molar-refractivity contribution in [1.29, 1.82) is 0 Å². The van der Waals surface area contributed by atoms with Crippen LogP contribution >= 0.6 is 0 Å². The van der Waals surface area contributed by atoms with Gasteiger partial charge >= 0.3 is 12.1 Å². The number of alkyl halides is 3. The van der Waals surface area contributed by atoms with Crippen LogP contribution in [-0.4, -0.2) is 27.1 Å². The minimum Gasteiger partial charge on any atom is -0.511 e. The van der Waals surface area contributed by atoms with E-state index in [-0.39, 0.29) is 23.5 Å². The number of rotatable bonds is 5. The van der Waals surface area contributed by atoms with Crippen LogP contribution in [0.1, 0.15) is 47.1 Å². The third-order valence-corrected chi connectivity index (χ3v) is 8.12. The van der Waals surface area contributed by atoms with Crippen molar-refractivity contribution in [1.82, 2.24) is 0 Å². The number of ether oxygens (including phenoxy) is 1. The summed E-state index contributed by atoms with van der Waals surface area (Å²) in [6.45, 7) is 5.72. The van der Waals surface area contributed by atoms with E-state index in [0.717, 1.165) is 28.8 Å². The highest BCUT2D eigenvalue weighted by Crippen LogP contribution is 2.54. The first-order chi connectivity index (χ1) is 15.4. The number of carbonyl (C=O) groups is 1. The zero-order valence-electron chi connectivity index (χ0n) is 18.6. The molecule has 2 aromatic carbocycles. The van der Waals surface area contributed by atoms with E-state index in [1.165, 1.54) is 12.1 Å². The van der Waals surface area contributed by atoms with Crippen molar-refractivity contribution in [3.8, 4) is 0 Å². The molecule has 2 aromatic rings. The summed E-state index contributed by atoms with van der Waals surface area (Å²) in [6, 6.07) is 8.16. The Kier molecular flexibility index (Phi) is 5.93. The molecule has 33 heavy (non-hydrogen) atoms. The van der Waals surface area contributed by atoms with Crippen molar-refractivity contribution < 1.29 is 32.0 Å². The van der Waals surface area contributed by atoms with Crippen molar-refractivity contribution in [3.63, 3.8) is 0 Å². The van der Waals surface area contributed by atoms with Gasteiger partial charge in [-0.1, -0.05) is 17.7 Å². The first kappa shape index (κ1) is 23.5. The van der Waals surface area contributed by atoms with Crippen LogP contribution in [0.2, 0.25) is 0 Å². The van der Waals surface area contributed by atoms with Gasteiger partial charge < -0.3 is 9.84 Å². The zero-order valence-corrected chi connectivity index (χ0v) is 19.4. The van der Waals surface area contributed by atoms with Gasteiger partial charge in [-0.2, -0.15) is 13.2 Å². The quantitative estimate of drug-likeness (QED) is 0.552. The molecule has 0 radical (unpaired) electrons. The first-order valence-electron chi connectivity index (χ1n) is 10.7. The number of aryl methyl sites for hydroxylation is 3. The topological polar surface area (TPSA) is 63.6 Å². The number of carbonyl (C=O) groups excluding carboxylic acids is 1. The van der Waals surface area contributed by atoms with E-state index in [2.05, 4.69) is 0 Å². The Morgan fingerprint density at radius 1 is 1.09 bits per heavy atom. The Hall–Kier alpha value is -2.61. The number of halogens is 3. The maximum absolute atomic E-state index is 12.9. The molecule has 1 heterocycles. The summed E-state index contributed by atoms with van der Waals surface area (Å²) < 4.78 is 57.0. The van der Waals surface area contributed by atoms with Gasteiger partial charge in [0.25, 0.3) is 0 Å². The summed E-state index contributed by atoms with van der Waals surface area (Å²) in [5.74, 6) is -0.495. The third kappa shape index (κ3) is 4.58. The number of aliphatic hydroxyl groups is 1. The Bertz CT molecular complexity index is 1140. The van der Waals surface area contributed by atoms with E-state index >= 15 is 0 Å². The Morgan fingerprint density at radius 2 is 1.67 bits per heavy atom. The van der Waals surface area contributed by atoms with E-state index in [0.29, 0.717) is 23.3 Å². The second-order valence-corrected chi connectivity index (χ2v) is 10.5. The SMILES string of the molecule is Cc1cc(C)c(C2=C(O)CC(C3(CS(=O)c4ccc(C(F)(F)F)cc4)CC3)OC2=O)c(C)c1. The summed E-state index contributed by atoms with van der Waals surface area (Å²) >= 11 is 0. The molecule has 0 saturated heterocycles. The Labute approximate surface area is 192 Å². The molecule has 1 aliphatic heterocycles. The fraction of sp³-hybridized carbons (Fsp3) is 0.400. The minimum absolute atomic E-state index is 0.0436. The van der Waals surface area contributed by atoms with Crippen molar-refractivity contribution in [2.75, 3.05) is 5.75 Å². The Morgan fingerprint density at radius 3 is 2.15 bits per heavy atom. The normalized spacial score (nSPS) is 21.0. The fourth-order valence-corrected chi connectivity index (χ4v) is 6.25. The molecule has 4 nitrogen and oxygen atoms in total. The van der Waals surface area contributed by atoms with Crippen molar-refractivity contribution in [3.05, 3.63) is 70.0 Å². The average molecular weight is 479 g/mol. The van der Waals surface area contributed by atoms with Crippen LogP contribution in [0, 0.1) is 26.2 Å². The molecule has 1 N–H and O–H groups in total. The molecular formula is C25H25F3O4S. The molecule has 1 saturated carbocycles. The highest BCUT2D eigenvalue weighted by atomic mass is 32.2. The standard InChI is InChI=1S/C25H25F3O4S/c1-14-10-15(2)21(16(3)11-14)22-19(29)12-20(32-23(22)30)24(8-9-24)13-33(31)18-6-4-17(5-7-18)25(26,27)28/h4-7,10-11,20,29H,8-9,12-13H2,1-3H3. The van der Waals surface area contributed by atoms with Crippen molar-refractivity contribution in [2.24, 2.45) is 5.41 Å². The second kappa shape index (κ2) is 8.31. The average Bonchev–Trinajstić information content (AvgIpc) is 3.49. The largest absolute Gasteiger partial charge is 0.511 e. The van der Waals surface area contributed by atoms with E-state index in [9.17, 15) is 27.3 Å². The van der Waals surface area contributed by atoms with E-state index in [4.69, 9.17) is 4.74 Å². The van der Waals surface area contributed by atoms with Crippen LogP contribution in [0.3, 0.4) is 0 Å². The van der Waals surface area contributed by atoms with Crippen LogP contribution in [0.25, 0.3) is 5.57 Å². The number of hydrogen-bond acceptors (Lipinski definition) is 4. The maximum atomic E-state index is 12.9. The molecular weight excluding hydrogens is 453 g/mol. The highest BCUT2D eigenvalue weighted by Gasteiger charge is 2.54. The van der Waals surface area contributed by atoms with Gasteiger partial charge in [-0.15, -0.1) is 0 Å². The van der Waals surface area contributed by atoms with Crippen LogP contribution in [-0.2, 0) is 26.5 Å². The molecule has 1 fully saturated rings. The number of esters is 1. The van der Waals surface area contributed by atoms with Crippen LogP contribution in [0.5, 0.6) is 0 Å². The van der Waals surface area contributed by atoms with Gasteiger partial charge in [0, 0.05) is 22.5 Å². The molecule has 2 aliphatic rings. The molecule has 176 valence electrons.